The van der Waals surface area contributed by atoms with Crippen LogP contribution in [0.15, 0.2) is 12.5 Å². The van der Waals surface area contributed by atoms with E-state index in [1.165, 1.54) is 0 Å². The molecule has 0 aromatic heterocycles. The van der Waals surface area contributed by atoms with Gasteiger partial charge in [-0.15, -0.1) is 0 Å². The van der Waals surface area contributed by atoms with Gasteiger partial charge in [0.15, 0.2) is 0 Å². The fourth-order valence-electron chi connectivity index (χ4n) is 1.70. The molecule has 0 fully saturated rings. The normalized spacial score (nSPS) is 11.0. The van der Waals surface area contributed by atoms with Gasteiger partial charge in [-0.2, -0.15) is 0 Å². The van der Waals surface area contributed by atoms with E-state index in [2.05, 4.69) is 44.1 Å². The largest absolute Gasteiger partial charge is 0.465 e. The Morgan fingerprint density at radius 2 is 1.11 bits per heavy atom. The zero-order chi connectivity index (χ0) is 13.8. The lowest BCUT2D eigenvalue weighted by atomic mass is 10.5. The van der Waals surface area contributed by atoms with Crippen LogP contribution in [-0.2, 0) is 9.47 Å². The van der Waals surface area contributed by atoms with Crippen LogP contribution >= 0.6 is 0 Å². The average molecular weight is 258 g/mol. The molecular formula is C14H30N2O2. The van der Waals surface area contributed by atoms with Crippen LogP contribution in [-0.4, -0.2) is 62.3 Å². The predicted octanol–water partition coefficient (Wildman–Crippen LogP) is 2.17. The highest BCUT2D eigenvalue weighted by molar-refractivity contribution is 4.69. The molecule has 0 aliphatic rings. The van der Waals surface area contributed by atoms with E-state index < -0.39 is 0 Å². The number of hydrogen-bond donors (Lipinski definition) is 0. The molecule has 0 aromatic carbocycles. The van der Waals surface area contributed by atoms with Crippen molar-refractivity contribution in [3.05, 3.63) is 12.5 Å². The summed E-state index contributed by atoms with van der Waals surface area (Å²) in [4.78, 5) is 4.62. The minimum atomic E-state index is 0.439. The van der Waals surface area contributed by atoms with E-state index >= 15 is 0 Å². The molecule has 4 heteroatoms. The van der Waals surface area contributed by atoms with E-state index in [-0.39, 0.29) is 0 Å². The molecule has 0 aromatic rings. The van der Waals surface area contributed by atoms with Gasteiger partial charge in [0.05, 0.1) is 0 Å². The summed E-state index contributed by atoms with van der Waals surface area (Å²) >= 11 is 0. The van der Waals surface area contributed by atoms with E-state index in [4.69, 9.17) is 9.47 Å². The van der Waals surface area contributed by atoms with Crippen LogP contribution in [0.1, 0.15) is 27.7 Å². The lowest BCUT2D eigenvalue weighted by Crippen LogP contribution is -2.28. The second kappa shape index (κ2) is 11.4. The maximum Gasteiger partial charge on any atom is 0.271 e. The van der Waals surface area contributed by atoms with Crippen LogP contribution in [0.5, 0.6) is 0 Å². The first-order chi connectivity index (χ1) is 8.67. The Morgan fingerprint density at radius 1 is 0.778 bits per heavy atom. The fourth-order valence-corrected chi connectivity index (χ4v) is 1.70. The first-order valence-electron chi connectivity index (χ1n) is 7.06. The third-order valence-electron chi connectivity index (χ3n) is 3.13. The molecule has 108 valence electrons. The van der Waals surface area contributed by atoms with E-state index in [9.17, 15) is 0 Å². The molecule has 0 amide bonds. The molecule has 0 aliphatic heterocycles. The Bertz CT molecular complexity index is 182. The molecule has 0 spiro atoms. The zero-order valence-electron chi connectivity index (χ0n) is 12.6. The van der Waals surface area contributed by atoms with Gasteiger partial charge in [-0.3, -0.25) is 0 Å². The van der Waals surface area contributed by atoms with Gasteiger partial charge in [0.2, 0.25) is 0 Å². The number of rotatable bonds is 12. The minimum absolute atomic E-state index is 0.439. The van der Waals surface area contributed by atoms with Crippen LogP contribution < -0.4 is 0 Å². The van der Waals surface area contributed by atoms with Crippen molar-refractivity contribution in [2.75, 3.05) is 52.5 Å². The van der Waals surface area contributed by atoms with Gasteiger partial charge >= 0.3 is 0 Å². The summed E-state index contributed by atoms with van der Waals surface area (Å²) in [6, 6.07) is 0. The summed E-state index contributed by atoms with van der Waals surface area (Å²) in [7, 11) is 0. The lowest BCUT2D eigenvalue weighted by molar-refractivity contribution is 0.0217. The van der Waals surface area contributed by atoms with Crippen molar-refractivity contribution in [2.45, 2.75) is 27.7 Å². The van der Waals surface area contributed by atoms with E-state index in [0.717, 1.165) is 39.3 Å². The average Bonchev–Trinajstić information content (AvgIpc) is 2.40. The maximum absolute atomic E-state index is 5.45. The monoisotopic (exact) mass is 258 g/mol. The van der Waals surface area contributed by atoms with Crippen molar-refractivity contribution in [1.82, 2.24) is 9.80 Å². The highest BCUT2D eigenvalue weighted by atomic mass is 16.7. The summed E-state index contributed by atoms with van der Waals surface area (Å²) in [5.74, 6) is 0.439. The molecular weight excluding hydrogens is 228 g/mol. The number of ether oxygens (including phenoxy) is 2. The van der Waals surface area contributed by atoms with Crippen molar-refractivity contribution in [3.8, 4) is 0 Å². The van der Waals surface area contributed by atoms with Gasteiger partial charge in [-0.1, -0.05) is 27.7 Å². The van der Waals surface area contributed by atoms with Crippen molar-refractivity contribution in [1.29, 1.82) is 0 Å². The van der Waals surface area contributed by atoms with E-state index in [1.54, 1.807) is 0 Å². The Kier molecular flexibility index (Phi) is 10.9. The fraction of sp³-hybridized carbons (Fsp3) is 0.857. The third-order valence-corrected chi connectivity index (χ3v) is 3.13. The Hall–Kier alpha value is -0.740. The summed E-state index contributed by atoms with van der Waals surface area (Å²) < 4.78 is 10.9. The van der Waals surface area contributed by atoms with Gasteiger partial charge in [0.1, 0.15) is 13.2 Å². The molecule has 18 heavy (non-hydrogen) atoms. The predicted molar refractivity (Wildman–Crippen MR) is 76.6 cm³/mol. The van der Waals surface area contributed by atoms with Gasteiger partial charge in [0.25, 0.3) is 5.95 Å². The van der Waals surface area contributed by atoms with Gasteiger partial charge in [0, 0.05) is 13.1 Å². The van der Waals surface area contributed by atoms with Crippen molar-refractivity contribution in [2.24, 2.45) is 0 Å². The third kappa shape index (κ3) is 8.37. The van der Waals surface area contributed by atoms with Crippen LogP contribution in [0.2, 0.25) is 0 Å². The molecule has 0 unspecified atom stereocenters. The van der Waals surface area contributed by atoms with Crippen LogP contribution in [0.4, 0.5) is 0 Å². The SMILES string of the molecule is C=C(OCCN(CC)CC)OCCN(CC)CC. The summed E-state index contributed by atoms with van der Waals surface area (Å²) in [5, 5.41) is 0. The lowest BCUT2D eigenvalue weighted by Gasteiger charge is -2.20. The molecule has 0 heterocycles. The van der Waals surface area contributed by atoms with Crippen molar-refractivity contribution < 1.29 is 9.47 Å². The first-order valence-corrected chi connectivity index (χ1v) is 7.06. The Balaban J connectivity index is 3.54. The molecule has 0 saturated carbocycles. The van der Waals surface area contributed by atoms with Gasteiger partial charge in [-0.25, -0.2) is 0 Å². The highest BCUT2D eigenvalue weighted by Crippen LogP contribution is 1.98. The van der Waals surface area contributed by atoms with Crippen LogP contribution in [0, 0.1) is 0 Å². The standard InChI is InChI=1S/C14H30N2O2/c1-6-15(7-2)10-12-17-14(5)18-13-11-16(8-3)9-4/h5-13H2,1-4H3. The summed E-state index contributed by atoms with van der Waals surface area (Å²) in [6.45, 7) is 19.7. The van der Waals surface area contributed by atoms with Crippen molar-refractivity contribution >= 4 is 0 Å². The Labute approximate surface area is 113 Å². The molecule has 4 nitrogen and oxygen atoms in total. The van der Waals surface area contributed by atoms with Crippen LogP contribution in [0.25, 0.3) is 0 Å². The topological polar surface area (TPSA) is 24.9 Å². The molecule has 0 bridgehead atoms. The zero-order valence-corrected chi connectivity index (χ0v) is 12.6. The maximum atomic E-state index is 5.45. The quantitative estimate of drug-likeness (QED) is 0.501. The van der Waals surface area contributed by atoms with Gasteiger partial charge < -0.3 is 19.3 Å². The molecule has 0 aliphatic carbocycles. The van der Waals surface area contributed by atoms with Gasteiger partial charge in [-0.05, 0) is 32.8 Å². The molecule has 0 radical (unpaired) electrons. The Morgan fingerprint density at radius 3 is 1.39 bits per heavy atom. The molecule has 0 saturated heterocycles. The summed E-state index contributed by atoms with van der Waals surface area (Å²) in [5.41, 5.74) is 0. The summed E-state index contributed by atoms with van der Waals surface area (Å²) in [6.07, 6.45) is 0. The van der Waals surface area contributed by atoms with Crippen molar-refractivity contribution in [3.63, 3.8) is 0 Å². The smallest absolute Gasteiger partial charge is 0.271 e. The van der Waals surface area contributed by atoms with E-state index in [1.807, 2.05) is 0 Å². The minimum Gasteiger partial charge on any atom is -0.465 e. The van der Waals surface area contributed by atoms with Crippen LogP contribution in [0.3, 0.4) is 0 Å². The molecule has 0 N–H and O–H groups in total. The molecule has 0 rings (SSSR count). The number of likely N-dealkylation sites (N-methyl/N-ethyl adjacent to an activating group) is 2. The second-order valence-electron chi connectivity index (χ2n) is 4.12. The molecule has 0 atom stereocenters. The van der Waals surface area contributed by atoms with E-state index in [0.29, 0.717) is 19.2 Å². The highest BCUT2D eigenvalue weighted by Gasteiger charge is 2.02. The number of nitrogens with zero attached hydrogens (tertiary/aromatic N) is 2. The second-order valence-corrected chi connectivity index (χ2v) is 4.12. The number of hydrogen-bond acceptors (Lipinski definition) is 4. The first kappa shape index (κ1) is 17.3.